The maximum absolute atomic E-state index is 5.35. The minimum atomic E-state index is 0.692. The van der Waals surface area contributed by atoms with Crippen molar-refractivity contribution in [2.24, 2.45) is 5.92 Å². The van der Waals surface area contributed by atoms with Gasteiger partial charge < -0.3 is 9.42 Å². The summed E-state index contributed by atoms with van der Waals surface area (Å²) in [6.07, 6.45) is 4.62. The lowest BCUT2D eigenvalue weighted by Crippen LogP contribution is -2.33. The predicted molar refractivity (Wildman–Crippen MR) is 82.9 cm³/mol. The Hall–Kier alpha value is -1.68. The number of hydrogen-bond acceptors (Lipinski definition) is 4. The summed E-state index contributed by atoms with van der Waals surface area (Å²) in [4.78, 5) is 7.03. The van der Waals surface area contributed by atoms with Crippen LogP contribution in [0.1, 0.15) is 32.1 Å². The van der Waals surface area contributed by atoms with Gasteiger partial charge in [-0.05, 0) is 44.8 Å². The molecule has 4 heteroatoms. The Morgan fingerprint density at radius 1 is 1.19 bits per heavy atom. The highest BCUT2D eigenvalue weighted by Gasteiger charge is 2.15. The number of rotatable bonds is 5. The molecule has 1 aliphatic heterocycles. The molecule has 3 rings (SSSR count). The highest BCUT2D eigenvalue weighted by Crippen LogP contribution is 2.17. The van der Waals surface area contributed by atoms with Crippen LogP contribution in [0.2, 0.25) is 0 Å². The fourth-order valence-electron chi connectivity index (χ4n) is 2.80. The molecule has 0 atom stereocenters. The van der Waals surface area contributed by atoms with Crippen LogP contribution in [-0.4, -0.2) is 34.7 Å². The van der Waals surface area contributed by atoms with Gasteiger partial charge >= 0.3 is 0 Å². The lowest BCUT2D eigenvalue weighted by atomic mass is 9.99. The molecule has 2 heterocycles. The van der Waals surface area contributed by atoms with Crippen molar-refractivity contribution in [1.82, 2.24) is 15.0 Å². The summed E-state index contributed by atoms with van der Waals surface area (Å²) in [5.74, 6) is 2.34. The molecule has 0 amide bonds. The van der Waals surface area contributed by atoms with Gasteiger partial charge in [-0.15, -0.1) is 0 Å². The minimum absolute atomic E-state index is 0.692. The Kier molecular flexibility index (Phi) is 4.65. The lowest BCUT2D eigenvalue weighted by Gasteiger charge is -2.29. The third-order valence-corrected chi connectivity index (χ3v) is 4.24. The van der Waals surface area contributed by atoms with Crippen molar-refractivity contribution in [2.75, 3.05) is 19.6 Å². The fourth-order valence-corrected chi connectivity index (χ4v) is 2.80. The standard InChI is InChI=1S/C17H23N3O/c1-14-9-12-20(13-10-14)11-5-8-16-18-17(19-21-16)15-6-3-2-4-7-15/h2-4,6-7,14H,5,8-13H2,1H3. The number of benzene rings is 1. The third kappa shape index (κ3) is 3.91. The maximum Gasteiger partial charge on any atom is 0.227 e. The van der Waals surface area contributed by atoms with Crippen LogP contribution in [0.15, 0.2) is 34.9 Å². The second-order valence-electron chi connectivity index (χ2n) is 6.01. The summed E-state index contributed by atoms with van der Waals surface area (Å²) < 4.78 is 5.35. The number of aryl methyl sites for hydroxylation is 1. The number of nitrogens with zero attached hydrogens (tertiary/aromatic N) is 3. The van der Waals surface area contributed by atoms with Gasteiger partial charge in [0, 0.05) is 12.0 Å². The molecule has 0 radical (unpaired) electrons. The minimum Gasteiger partial charge on any atom is -0.339 e. The van der Waals surface area contributed by atoms with E-state index in [1.54, 1.807) is 0 Å². The van der Waals surface area contributed by atoms with Crippen LogP contribution in [-0.2, 0) is 6.42 Å². The highest BCUT2D eigenvalue weighted by molar-refractivity contribution is 5.53. The summed E-state index contributed by atoms with van der Waals surface area (Å²) >= 11 is 0. The molecule has 21 heavy (non-hydrogen) atoms. The second-order valence-corrected chi connectivity index (χ2v) is 6.01. The van der Waals surface area contributed by atoms with E-state index in [2.05, 4.69) is 22.0 Å². The zero-order valence-corrected chi connectivity index (χ0v) is 12.7. The first kappa shape index (κ1) is 14.3. The summed E-state index contributed by atoms with van der Waals surface area (Å²) in [5, 5.41) is 4.06. The van der Waals surface area contributed by atoms with Gasteiger partial charge in [0.2, 0.25) is 11.7 Å². The van der Waals surface area contributed by atoms with E-state index in [-0.39, 0.29) is 0 Å². The average Bonchev–Trinajstić information content (AvgIpc) is 2.99. The van der Waals surface area contributed by atoms with Crippen molar-refractivity contribution in [3.05, 3.63) is 36.2 Å². The van der Waals surface area contributed by atoms with Crippen molar-refractivity contribution >= 4 is 0 Å². The van der Waals surface area contributed by atoms with Gasteiger partial charge in [-0.2, -0.15) is 4.98 Å². The molecular weight excluding hydrogens is 262 g/mol. The molecule has 1 fully saturated rings. The summed E-state index contributed by atoms with van der Waals surface area (Å²) in [5.41, 5.74) is 1.01. The van der Waals surface area contributed by atoms with Gasteiger partial charge in [0.05, 0.1) is 0 Å². The molecule has 0 spiro atoms. The van der Waals surface area contributed by atoms with Crippen molar-refractivity contribution in [1.29, 1.82) is 0 Å². The van der Waals surface area contributed by atoms with Gasteiger partial charge in [0.25, 0.3) is 0 Å². The van der Waals surface area contributed by atoms with Crippen LogP contribution in [0.3, 0.4) is 0 Å². The molecule has 0 aliphatic carbocycles. The van der Waals surface area contributed by atoms with Gasteiger partial charge in [-0.1, -0.05) is 42.4 Å². The van der Waals surface area contributed by atoms with E-state index in [1.807, 2.05) is 30.3 Å². The van der Waals surface area contributed by atoms with Gasteiger partial charge in [-0.3, -0.25) is 0 Å². The van der Waals surface area contributed by atoms with E-state index < -0.39 is 0 Å². The molecule has 0 unspecified atom stereocenters. The van der Waals surface area contributed by atoms with Gasteiger partial charge in [0.15, 0.2) is 0 Å². The predicted octanol–water partition coefficient (Wildman–Crippen LogP) is 3.40. The summed E-state index contributed by atoms with van der Waals surface area (Å²) in [7, 11) is 0. The van der Waals surface area contributed by atoms with E-state index in [0.717, 1.165) is 36.8 Å². The first-order chi connectivity index (χ1) is 10.3. The Bertz CT molecular complexity index is 544. The lowest BCUT2D eigenvalue weighted by molar-refractivity contribution is 0.189. The first-order valence-corrected chi connectivity index (χ1v) is 7.91. The van der Waals surface area contributed by atoms with E-state index >= 15 is 0 Å². The Labute approximate surface area is 126 Å². The smallest absolute Gasteiger partial charge is 0.227 e. The molecule has 1 aromatic heterocycles. The maximum atomic E-state index is 5.35. The average molecular weight is 285 g/mol. The monoisotopic (exact) mass is 285 g/mol. The zero-order valence-electron chi connectivity index (χ0n) is 12.7. The molecule has 1 aliphatic rings. The second kappa shape index (κ2) is 6.85. The molecule has 2 aromatic rings. The van der Waals surface area contributed by atoms with Crippen LogP contribution < -0.4 is 0 Å². The van der Waals surface area contributed by atoms with Crippen molar-refractivity contribution in [3.8, 4) is 11.4 Å². The Morgan fingerprint density at radius 3 is 2.71 bits per heavy atom. The molecule has 0 bridgehead atoms. The topological polar surface area (TPSA) is 42.2 Å². The Balaban J connectivity index is 1.47. The van der Waals surface area contributed by atoms with Crippen LogP contribution in [0, 0.1) is 5.92 Å². The Morgan fingerprint density at radius 2 is 1.95 bits per heavy atom. The highest BCUT2D eigenvalue weighted by atomic mass is 16.5. The summed E-state index contributed by atoms with van der Waals surface area (Å²) in [6.45, 7) is 5.96. The van der Waals surface area contributed by atoms with E-state index in [1.165, 1.54) is 25.9 Å². The summed E-state index contributed by atoms with van der Waals surface area (Å²) in [6, 6.07) is 9.97. The molecule has 0 saturated carbocycles. The van der Waals surface area contributed by atoms with Gasteiger partial charge in [-0.25, -0.2) is 0 Å². The number of hydrogen-bond donors (Lipinski definition) is 0. The molecule has 1 aromatic carbocycles. The number of likely N-dealkylation sites (tertiary alicyclic amines) is 1. The molecule has 112 valence electrons. The quantitative estimate of drug-likeness (QED) is 0.844. The van der Waals surface area contributed by atoms with E-state index in [4.69, 9.17) is 4.52 Å². The first-order valence-electron chi connectivity index (χ1n) is 7.91. The van der Waals surface area contributed by atoms with Crippen molar-refractivity contribution in [3.63, 3.8) is 0 Å². The van der Waals surface area contributed by atoms with Crippen LogP contribution in [0.25, 0.3) is 11.4 Å². The SMILES string of the molecule is CC1CCN(CCCc2nc(-c3ccccc3)no2)CC1. The molecule has 4 nitrogen and oxygen atoms in total. The van der Waals surface area contributed by atoms with E-state index in [9.17, 15) is 0 Å². The van der Waals surface area contributed by atoms with Crippen LogP contribution in [0.4, 0.5) is 0 Å². The molecule has 0 N–H and O–H groups in total. The van der Waals surface area contributed by atoms with Gasteiger partial charge in [0.1, 0.15) is 0 Å². The normalized spacial score (nSPS) is 17.2. The molecular formula is C17H23N3O. The van der Waals surface area contributed by atoms with Crippen LogP contribution >= 0.6 is 0 Å². The number of aromatic nitrogens is 2. The zero-order chi connectivity index (χ0) is 14.5. The van der Waals surface area contributed by atoms with Crippen LogP contribution in [0.5, 0.6) is 0 Å². The largest absolute Gasteiger partial charge is 0.339 e. The van der Waals surface area contributed by atoms with Crippen molar-refractivity contribution in [2.45, 2.75) is 32.6 Å². The third-order valence-electron chi connectivity index (χ3n) is 4.24. The molecule has 1 saturated heterocycles. The number of piperidine rings is 1. The van der Waals surface area contributed by atoms with Crippen molar-refractivity contribution < 1.29 is 4.52 Å². The fraction of sp³-hybridized carbons (Fsp3) is 0.529. The van der Waals surface area contributed by atoms with E-state index in [0.29, 0.717) is 5.82 Å².